The zero-order chi connectivity index (χ0) is 5.98. The molecule has 0 amide bonds. The molecular formula is C5H7ClNO. The van der Waals surface area contributed by atoms with Gasteiger partial charge in [-0.3, -0.25) is 4.79 Å². The van der Waals surface area contributed by atoms with Crippen LogP contribution in [0.3, 0.4) is 0 Å². The predicted octanol–water partition coefficient (Wildman–Crippen LogP) is 0.714. The van der Waals surface area contributed by atoms with E-state index in [1.54, 1.807) is 0 Å². The maximum Gasteiger partial charge on any atom is 0.218 e. The average Bonchev–Trinajstić information content (AvgIpc) is 2.14. The minimum Gasteiger partial charge on any atom is -0.289 e. The standard InChI is InChI=1S/C5H7ClNO/c6-7-3-1-2-5(7)4-8/h5H,1-3H2/t5-/m0/s1. The first kappa shape index (κ1) is 6.05. The zero-order valence-electron chi connectivity index (χ0n) is 4.43. The maximum absolute atomic E-state index is 9.97. The molecule has 0 spiro atoms. The number of rotatable bonds is 1. The Labute approximate surface area is 53.5 Å². The quantitative estimate of drug-likeness (QED) is 0.490. The van der Waals surface area contributed by atoms with Gasteiger partial charge < -0.3 is 0 Å². The molecule has 0 aromatic heterocycles. The fourth-order valence-corrected chi connectivity index (χ4v) is 1.10. The number of carbonyl (C=O) groups excluding carboxylic acids is 1. The molecule has 0 unspecified atom stereocenters. The van der Waals surface area contributed by atoms with E-state index in [1.807, 2.05) is 6.29 Å². The molecule has 1 aliphatic rings. The Balaban J connectivity index is 2.41. The molecule has 0 aromatic rings. The molecular weight excluding hydrogens is 126 g/mol. The van der Waals surface area contributed by atoms with Crippen molar-refractivity contribution in [3.8, 4) is 0 Å². The third-order valence-corrected chi connectivity index (χ3v) is 1.73. The smallest absolute Gasteiger partial charge is 0.218 e. The largest absolute Gasteiger partial charge is 0.289 e. The summed E-state index contributed by atoms with van der Waals surface area (Å²) in [4.78, 5) is 9.97. The van der Waals surface area contributed by atoms with E-state index in [0.717, 1.165) is 19.4 Å². The van der Waals surface area contributed by atoms with E-state index < -0.39 is 0 Å². The van der Waals surface area contributed by atoms with E-state index in [4.69, 9.17) is 11.8 Å². The first-order valence-electron chi connectivity index (χ1n) is 2.64. The zero-order valence-corrected chi connectivity index (χ0v) is 5.19. The highest BCUT2D eigenvalue weighted by atomic mass is 35.5. The van der Waals surface area contributed by atoms with E-state index in [1.165, 1.54) is 4.42 Å². The van der Waals surface area contributed by atoms with E-state index in [9.17, 15) is 4.79 Å². The van der Waals surface area contributed by atoms with Crippen LogP contribution in [0.1, 0.15) is 12.8 Å². The van der Waals surface area contributed by atoms with Gasteiger partial charge in [-0.15, -0.1) is 0 Å². The molecule has 1 fully saturated rings. The highest BCUT2D eigenvalue weighted by Gasteiger charge is 2.22. The lowest BCUT2D eigenvalue weighted by molar-refractivity contribution is 0.465. The third kappa shape index (κ3) is 1.01. The van der Waals surface area contributed by atoms with E-state index in [0.29, 0.717) is 0 Å². The number of hydrogen-bond acceptors (Lipinski definition) is 2. The molecule has 1 saturated heterocycles. The van der Waals surface area contributed by atoms with Gasteiger partial charge in [0.2, 0.25) is 6.29 Å². The summed E-state index contributed by atoms with van der Waals surface area (Å²) in [5, 5.41) is 0. The van der Waals surface area contributed by atoms with Crippen molar-refractivity contribution < 1.29 is 4.79 Å². The Morgan fingerprint density at radius 1 is 1.75 bits per heavy atom. The predicted molar refractivity (Wildman–Crippen MR) is 31.3 cm³/mol. The fraction of sp³-hybridized carbons (Fsp3) is 0.800. The minimum absolute atomic E-state index is 0.142. The molecule has 1 radical (unpaired) electrons. The molecule has 1 aliphatic heterocycles. The van der Waals surface area contributed by atoms with Crippen molar-refractivity contribution in [2.24, 2.45) is 0 Å². The molecule has 0 bridgehead atoms. The maximum atomic E-state index is 9.97. The van der Waals surface area contributed by atoms with Gasteiger partial charge in [0.1, 0.15) is 0 Å². The van der Waals surface area contributed by atoms with Crippen LogP contribution in [0.15, 0.2) is 0 Å². The molecule has 45 valence electrons. The van der Waals surface area contributed by atoms with Crippen LogP contribution in [0.5, 0.6) is 0 Å². The second-order valence-corrected chi connectivity index (χ2v) is 2.33. The second kappa shape index (κ2) is 2.46. The van der Waals surface area contributed by atoms with Crippen LogP contribution < -0.4 is 0 Å². The SMILES string of the molecule is O=[C][C@@H]1CCCN1Cl. The van der Waals surface area contributed by atoms with Crippen LogP contribution in [0, 0.1) is 0 Å². The second-order valence-electron chi connectivity index (χ2n) is 1.90. The van der Waals surface area contributed by atoms with Crippen molar-refractivity contribution >= 4 is 18.1 Å². The summed E-state index contributed by atoms with van der Waals surface area (Å²) in [6.07, 6.45) is 3.74. The lowest BCUT2D eigenvalue weighted by atomic mass is 10.2. The van der Waals surface area contributed by atoms with Gasteiger partial charge in [0.15, 0.2) is 0 Å². The summed E-state index contributed by atoms with van der Waals surface area (Å²) >= 11 is 5.55. The molecule has 0 saturated carbocycles. The number of hydrogen-bond donors (Lipinski definition) is 0. The first-order chi connectivity index (χ1) is 3.84. The van der Waals surface area contributed by atoms with Crippen LogP contribution >= 0.6 is 11.8 Å². The van der Waals surface area contributed by atoms with Gasteiger partial charge in [0.05, 0.1) is 6.04 Å². The van der Waals surface area contributed by atoms with E-state index >= 15 is 0 Å². The fourth-order valence-electron chi connectivity index (χ4n) is 0.848. The molecule has 0 aromatic carbocycles. The van der Waals surface area contributed by atoms with Crippen molar-refractivity contribution in [3.63, 3.8) is 0 Å². The van der Waals surface area contributed by atoms with Crippen LogP contribution in [-0.4, -0.2) is 23.3 Å². The normalized spacial score (nSPS) is 30.9. The van der Waals surface area contributed by atoms with Gasteiger partial charge in [-0.05, 0) is 24.6 Å². The van der Waals surface area contributed by atoms with Gasteiger partial charge in [0.25, 0.3) is 0 Å². The van der Waals surface area contributed by atoms with Crippen LogP contribution in [-0.2, 0) is 4.79 Å². The summed E-state index contributed by atoms with van der Waals surface area (Å²) in [6.45, 7) is 0.821. The molecule has 1 atom stereocenters. The highest BCUT2D eigenvalue weighted by Crippen LogP contribution is 2.16. The van der Waals surface area contributed by atoms with Crippen molar-refractivity contribution in [1.82, 2.24) is 4.42 Å². The Morgan fingerprint density at radius 3 is 2.75 bits per heavy atom. The summed E-state index contributed by atoms with van der Waals surface area (Å²) in [6, 6.07) is -0.142. The Morgan fingerprint density at radius 2 is 2.50 bits per heavy atom. The van der Waals surface area contributed by atoms with Gasteiger partial charge in [-0.2, -0.15) is 0 Å². The van der Waals surface area contributed by atoms with Crippen LogP contribution in [0.2, 0.25) is 0 Å². The molecule has 2 nitrogen and oxygen atoms in total. The molecule has 1 rings (SSSR count). The Bertz CT molecular complexity index is 96.4. The third-order valence-electron chi connectivity index (χ3n) is 1.32. The summed E-state index contributed by atoms with van der Waals surface area (Å²) in [7, 11) is 0. The van der Waals surface area contributed by atoms with Crippen LogP contribution in [0.4, 0.5) is 0 Å². The number of halogens is 1. The van der Waals surface area contributed by atoms with Crippen molar-refractivity contribution in [1.29, 1.82) is 0 Å². The molecule has 8 heavy (non-hydrogen) atoms. The molecule has 3 heteroatoms. The summed E-state index contributed by atoms with van der Waals surface area (Å²) in [5.74, 6) is 0. The molecule has 1 heterocycles. The van der Waals surface area contributed by atoms with Gasteiger partial charge >= 0.3 is 0 Å². The van der Waals surface area contributed by atoms with Crippen molar-refractivity contribution in [2.75, 3.05) is 6.54 Å². The van der Waals surface area contributed by atoms with Crippen molar-refractivity contribution in [2.45, 2.75) is 18.9 Å². The molecule has 0 N–H and O–H groups in total. The summed E-state index contributed by atoms with van der Waals surface area (Å²) in [5.41, 5.74) is 0. The lowest BCUT2D eigenvalue weighted by Crippen LogP contribution is -2.20. The topological polar surface area (TPSA) is 20.3 Å². The highest BCUT2D eigenvalue weighted by molar-refractivity contribution is 6.14. The lowest BCUT2D eigenvalue weighted by Gasteiger charge is -2.05. The molecule has 0 aliphatic carbocycles. The van der Waals surface area contributed by atoms with Crippen molar-refractivity contribution in [3.05, 3.63) is 0 Å². The van der Waals surface area contributed by atoms with Crippen LogP contribution in [0.25, 0.3) is 0 Å². The van der Waals surface area contributed by atoms with Gasteiger partial charge in [-0.25, -0.2) is 4.42 Å². The summed E-state index contributed by atoms with van der Waals surface area (Å²) < 4.78 is 1.51. The Kier molecular flexibility index (Phi) is 1.86. The van der Waals surface area contributed by atoms with E-state index in [-0.39, 0.29) is 6.04 Å². The monoisotopic (exact) mass is 132 g/mol. The van der Waals surface area contributed by atoms with E-state index in [2.05, 4.69) is 0 Å². The average molecular weight is 133 g/mol. The minimum atomic E-state index is -0.142. The van der Waals surface area contributed by atoms with Gasteiger partial charge in [-0.1, -0.05) is 0 Å². The first-order valence-corrected chi connectivity index (χ1v) is 2.98. The number of nitrogens with zero attached hydrogens (tertiary/aromatic N) is 1. The van der Waals surface area contributed by atoms with Gasteiger partial charge in [0, 0.05) is 6.54 Å². The Hall–Kier alpha value is -0.0800.